The summed E-state index contributed by atoms with van der Waals surface area (Å²) in [7, 11) is -9.42. The molecule has 6 aromatic carbocycles. The normalized spacial score (nSPS) is 11.7. The topological polar surface area (TPSA) is 519 Å². The first-order valence-corrected chi connectivity index (χ1v) is 21.5. The summed E-state index contributed by atoms with van der Waals surface area (Å²) >= 11 is 0. The molecule has 0 fully saturated rings. The SMILES string of the molecule is Cc1cc(S(=O)(=O)[O-])ccc1N=Nc1c(O)ccc(N=Nc2cc([N+](=O)[O-])cc([N+](=O)[O-])c2[O-])c1[O-].Cc1cc(S(=O)(=O)[O-])ccc1N=Nc1c(O)ccc(N=Nc2cc([N+](=O)[O-])cc([N+](=O)[O-])c2[O-])c1[O-].[Cr+3]. The van der Waals surface area contributed by atoms with E-state index in [1.54, 1.807) is 0 Å². The van der Waals surface area contributed by atoms with Gasteiger partial charge >= 0.3 is 17.4 Å². The van der Waals surface area contributed by atoms with Gasteiger partial charge in [0.2, 0.25) is 0 Å². The summed E-state index contributed by atoms with van der Waals surface area (Å²) in [5.41, 5.74) is -7.10. The minimum absolute atomic E-state index is 0. The van der Waals surface area contributed by atoms with E-state index < -0.39 is 141 Å². The molecular formula is C38H22CrN12O20S2-3. The molecule has 0 aliphatic carbocycles. The van der Waals surface area contributed by atoms with Gasteiger partial charge in [0.1, 0.15) is 43.1 Å². The van der Waals surface area contributed by atoms with Crippen LogP contribution in [0.1, 0.15) is 11.1 Å². The number of rotatable bonds is 14. The molecule has 0 aromatic heterocycles. The second kappa shape index (κ2) is 22.5. The molecule has 0 aliphatic heterocycles. The van der Waals surface area contributed by atoms with Crippen molar-refractivity contribution < 1.29 is 93.6 Å². The Balaban J connectivity index is 0.000000312. The fraction of sp³-hybridized carbons (Fsp3) is 0.0526. The van der Waals surface area contributed by atoms with Crippen LogP contribution < -0.4 is 20.4 Å². The fourth-order valence-electron chi connectivity index (χ4n) is 5.46. The molecule has 375 valence electrons. The van der Waals surface area contributed by atoms with Crippen molar-refractivity contribution in [2.45, 2.75) is 23.6 Å². The molecule has 0 spiro atoms. The maximum absolute atomic E-state index is 12.7. The van der Waals surface area contributed by atoms with Crippen LogP contribution >= 0.6 is 0 Å². The zero-order chi connectivity index (χ0) is 53.6. The molecule has 0 atom stereocenters. The molecule has 0 amide bonds. The van der Waals surface area contributed by atoms with Crippen LogP contribution in [-0.2, 0) is 37.6 Å². The van der Waals surface area contributed by atoms with Gasteiger partial charge in [0.15, 0.2) is 0 Å². The number of aryl methyl sites for hydroxylation is 2. The number of aromatic hydroxyl groups is 2. The monoisotopic (exact) mass is 1080 g/mol. The Morgan fingerprint density at radius 1 is 0.411 bits per heavy atom. The summed E-state index contributed by atoms with van der Waals surface area (Å²) in [6.07, 6.45) is 0. The van der Waals surface area contributed by atoms with E-state index in [0.29, 0.717) is 24.3 Å². The molecule has 0 saturated carbocycles. The van der Waals surface area contributed by atoms with Gasteiger partial charge in [0.05, 0.1) is 75.7 Å². The van der Waals surface area contributed by atoms with Gasteiger partial charge in [-0.05, 0) is 97.1 Å². The number of hydrogen-bond donors (Lipinski definition) is 2. The van der Waals surface area contributed by atoms with Gasteiger partial charge < -0.3 is 39.7 Å². The van der Waals surface area contributed by atoms with E-state index in [-0.39, 0.29) is 39.9 Å². The second-order valence-corrected chi connectivity index (χ2v) is 16.6. The van der Waals surface area contributed by atoms with Crippen LogP contribution in [0.5, 0.6) is 34.5 Å². The van der Waals surface area contributed by atoms with Gasteiger partial charge in [0, 0.05) is 23.6 Å². The van der Waals surface area contributed by atoms with Crippen LogP contribution in [0.25, 0.3) is 0 Å². The number of hydrogen-bond acceptors (Lipinski definition) is 28. The maximum atomic E-state index is 12.7. The number of phenols is 2. The smallest absolute Gasteiger partial charge is 0.869 e. The van der Waals surface area contributed by atoms with Crippen molar-refractivity contribution in [2.24, 2.45) is 40.9 Å². The standard InChI is InChI=1S/2C19H14N6O10S.Cr/c2*1-9-6-11(36(33,34)35)2-3-12(9)20-23-17-16(26)5-4-13(19(17)28)21-22-14-7-10(24(29)30)8-15(18(14)27)25(31)32;/h2*2-8,26-28H,1H3,(H,33,34,35);/q;;+3/p-6. The van der Waals surface area contributed by atoms with Crippen LogP contribution in [-0.4, -0.2) is 55.8 Å². The summed E-state index contributed by atoms with van der Waals surface area (Å²) < 4.78 is 66.6. The molecule has 0 heterocycles. The number of phenolic OH excluding ortho intramolecular Hbond substituents is 2. The van der Waals surface area contributed by atoms with Gasteiger partial charge in [0.25, 0.3) is 22.7 Å². The summed E-state index contributed by atoms with van der Waals surface area (Å²) in [6, 6.07) is 12.5. The molecule has 73 heavy (non-hydrogen) atoms. The molecule has 32 nitrogen and oxygen atoms in total. The van der Waals surface area contributed by atoms with Crippen LogP contribution in [0.2, 0.25) is 0 Å². The number of nitrogens with zero attached hydrogens (tertiary/aromatic N) is 12. The first kappa shape index (κ1) is 56.1. The molecular weight excluding hydrogens is 1060 g/mol. The Labute approximate surface area is 416 Å². The van der Waals surface area contributed by atoms with Gasteiger partial charge in [-0.2, -0.15) is 30.7 Å². The maximum Gasteiger partial charge on any atom is 3.00 e. The van der Waals surface area contributed by atoms with Gasteiger partial charge in [-0.3, -0.25) is 40.5 Å². The quantitative estimate of drug-likeness (QED) is 0.0490. The number of azo groups is 4. The van der Waals surface area contributed by atoms with E-state index in [9.17, 15) is 97.0 Å². The Kier molecular flexibility index (Phi) is 17.3. The van der Waals surface area contributed by atoms with Crippen LogP contribution in [0.15, 0.2) is 136 Å². The van der Waals surface area contributed by atoms with Crippen molar-refractivity contribution in [2.75, 3.05) is 0 Å². The summed E-state index contributed by atoms with van der Waals surface area (Å²) in [6.45, 7) is 2.84. The molecule has 1 radical (unpaired) electrons. The first-order valence-electron chi connectivity index (χ1n) is 18.7. The van der Waals surface area contributed by atoms with E-state index in [2.05, 4.69) is 40.9 Å². The summed E-state index contributed by atoms with van der Waals surface area (Å²) in [5.74, 6) is -5.89. The van der Waals surface area contributed by atoms with Crippen molar-refractivity contribution in [1.29, 1.82) is 0 Å². The first-order chi connectivity index (χ1) is 33.6. The van der Waals surface area contributed by atoms with E-state index in [4.69, 9.17) is 0 Å². The summed E-state index contributed by atoms with van der Waals surface area (Å²) in [5, 5.41) is 142. The van der Waals surface area contributed by atoms with E-state index in [0.717, 1.165) is 60.7 Å². The van der Waals surface area contributed by atoms with Gasteiger partial charge in [-0.15, -0.1) is 10.2 Å². The average Bonchev–Trinajstić information content (AvgIpc) is 3.29. The molecule has 0 aliphatic rings. The van der Waals surface area contributed by atoms with E-state index in [1.165, 1.54) is 13.8 Å². The zero-order valence-corrected chi connectivity index (χ0v) is 38.8. The number of benzene rings is 6. The van der Waals surface area contributed by atoms with Crippen molar-refractivity contribution in [3.63, 3.8) is 0 Å². The molecule has 0 unspecified atom stereocenters. The predicted molar refractivity (Wildman–Crippen MR) is 228 cm³/mol. The Morgan fingerprint density at radius 3 is 1.00 bits per heavy atom. The largest absolute Gasteiger partial charge is 3.00 e. The Bertz CT molecular complexity index is 3380. The van der Waals surface area contributed by atoms with Crippen molar-refractivity contribution >= 4 is 88.5 Å². The van der Waals surface area contributed by atoms with Crippen LogP contribution in [0.3, 0.4) is 0 Å². The van der Waals surface area contributed by atoms with Crippen LogP contribution in [0.4, 0.5) is 68.2 Å². The zero-order valence-electron chi connectivity index (χ0n) is 35.9. The van der Waals surface area contributed by atoms with Crippen molar-refractivity contribution in [1.82, 2.24) is 0 Å². The third kappa shape index (κ3) is 13.4. The molecule has 35 heteroatoms. The predicted octanol–water partition coefficient (Wildman–Crippen LogP) is 6.80. The van der Waals surface area contributed by atoms with Crippen molar-refractivity contribution in [3.05, 3.63) is 137 Å². The minimum Gasteiger partial charge on any atom is -0.869 e. The molecule has 2 N–H and O–H groups in total. The van der Waals surface area contributed by atoms with Crippen LogP contribution in [0, 0.1) is 54.3 Å². The number of nitro groups is 4. The van der Waals surface area contributed by atoms with Gasteiger partial charge in [-0.25, -0.2) is 16.8 Å². The summed E-state index contributed by atoms with van der Waals surface area (Å²) in [4.78, 5) is 38.8. The molecule has 0 saturated heterocycles. The third-order valence-electron chi connectivity index (χ3n) is 9.02. The molecule has 6 rings (SSSR count). The fourth-order valence-corrected chi connectivity index (χ4v) is 6.58. The average molecular weight is 1080 g/mol. The Morgan fingerprint density at radius 2 is 0.712 bits per heavy atom. The number of nitro benzene ring substituents is 4. The number of non-ortho nitro benzene ring substituents is 2. The van der Waals surface area contributed by atoms with Gasteiger partial charge in [-0.1, -0.05) is 0 Å². The van der Waals surface area contributed by atoms with E-state index >= 15 is 0 Å². The Hall–Kier alpha value is -9.53. The molecule has 6 aromatic rings. The molecule has 0 bridgehead atoms. The third-order valence-corrected chi connectivity index (χ3v) is 10.7. The second-order valence-electron chi connectivity index (χ2n) is 13.8. The van der Waals surface area contributed by atoms with Crippen molar-refractivity contribution in [3.8, 4) is 34.5 Å². The van der Waals surface area contributed by atoms with E-state index in [1.807, 2.05) is 0 Å². The minimum atomic E-state index is -4.71.